The van der Waals surface area contributed by atoms with Crippen molar-refractivity contribution in [2.75, 3.05) is 18.4 Å². The van der Waals surface area contributed by atoms with Crippen LogP contribution in [0.15, 0.2) is 64.4 Å². The first-order valence-corrected chi connectivity index (χ1v) is 11.3. The number of H-pyrrole nitrogens is 1. The fourth-order valence-electron chi connectivity index (χ4n) is 4.57. The van der Waals surface area contributed by atoms with Gasteiger partial charge in [0.1, 0.15) is 5.69 Å². The first-order chi connectivity index (χ1) is 16.9. The third kappa shape index (κ3) is 4.19. The van der Waals surface area contributed by atoms with Crippen molar-refractivity contribution in [2.24, 2.45) is 7.05 Å². The Morgan fingerprint density at radius 3 is 2.71 bits per heavy atom. The molecule has 4 aromatic rings. The van der Waals surface area contributed by atoms with Crippen LogP contribution in [0, 0.1) is 11.3 Å². The molecule has 35 heavy (non-hydrogen) atoms. The molecule has 0 aliphatic carbocycles. The smallest absolute Gasteiger partial charge is 0.324 e. The number of piperidine rings is 1. The molecule has 1 aliphatic heterocycles. The largest absolute Gasteiger partial charge is 0.327 e. The van der Waals surface area contributed by atoms with Gasteiger partial charge in [0.25, 0.3) is 5.56 Å². The van der Waals surface area contributed by atoms with E-state index in [-0.39, 0.29) is 29.0 Å². The van der Waals surface area contributed by atoms with E-state index >= 15 is 0 Å². The maximum Gasteiger partial charge on any atom is 0.327 e. The number of pyridine rings is 2. The molecule has 1 aliphatic rings. The standard InChI is InChI=1S/C25H23N7O3/c1-30-15-18(17-5-2-4-16(12-17)14-26)13-20(23(30)33)28-24(34)31-10-7-19(8-11-31)32-21-6-3-9-27-22(21)29-25(32)35/h2-6,9,12-13,15,19H,7-8,10-11H2,1H3,(H,28,34)(H,27,29,35). The summed E-state index contributed by atoms with van der Waals surface area (Å²) in [6.07, 6.45) is 4.52. The number of nitriles is 1. The number of rotatable bonds is 3. The SMILES string of the molecule is Cn1cc(-c2cccc(C#N)c2)cc(NC(=O)N2CCC(n3c(=O)[nH]c4ncccc43)CC2)c1=O. The molecule has 3 aromatic heterocycles. The number of amides is 2. The lowest BCUT2D eigenvalue weighted by atomic mass is 10.0. The number of nitrogens with zero attached hydrogens (tertiary/aromatic N) is 5. The molecule has 0 atom stereocenters. The van der Waals surface area contributed by atoms with Gasteiger partial charge in [-0.1, -0.05) is 12.1 Å². The van der Waals surface area contributed by atoms with E-state index < -0.39 is 0 Å². The monoisotopic (exact) mass is 469 g/mol. The van der Waals surface area contributed by atoms with E-state index in [1.54, 1.807) is 59.2 Å². The number of imidazole rings is 1. The normalized spacial score (nSPS) is 14.1. The van der Waals surface area contributed by atoms with E-state index in [9.17, 15) is 19.6 Å². The number of hydrogen-bond acceptors (Lipinski definition) is 5. The molecule has 10 heteroatoms. The van der Waals surface area contributed by atoms with Gasteiger partial charge in [0, 0.05) is 44.1 Å². The zero-order valence-electron chi connectivity index (χ0n) is 19.1. The Labute approximate surface area is 200 Å². The number of benzene rings is 1. The summed E-state index contributed by atoms with van der Waals surface area (Å²) in [5.74, 6) is 0. The highest BCUT2D eigenvalue weighted by Crippen LogP contribution is 2.25. The van der Waals surface area contributed by atoms with Crippen molar-refractivity contribution < 1.29 is 4.79 Å². The van der Waals surface area contributed by atoms with Crippen LogP contribution in [-0.4, -0.2) is 43.1 Å². The van der Waals surface area contributed by atoms with Crippen LogP contribution in [0.3, 0.4) is 0 Å². The van der Waals surface area contributed by atoms with Gasteiger partial charge in [-0.2, -0.15) is 5.26 Å². The average Bonchev–Trinajstić information content (AvgIpc) is 3.22. The Kier molecular flexibility index (Phi) is 5.66. The van der Waals surface area contributed by atoms with Crippen molar-refractivity contribution in [3.8, 4) is 17.2 Å². The highest BCUT2D eigenvalue weighted by atomic mass is 16.2. The third-order valence-electron chi connectivity index (χ3n) is 6.36. The van der Waals surface area contributed by atoms with Gasteiger partial charge in [-0.05, 0) is 48.7 Å². The molecule has 0 bridgehead atoms. The number of aromatic nitrogens is 4. The molecule has 1 fully saturated rings. The van der Waals surface area contributed by atoms with E-state index in [0.717, 1.165) is 11.1 Å². The van der Waals surface area contributed by atoms with Crippen LogP contribution in [0.4, 0.5) is 10.5 Å². The lowest BCUT2D eigenvalue weighted by Crippen LogP contribution is -2.43. The fraction of sp³-hybridized carbons (Fsp3) is 0.240. The van der Waals surface area contributed by atoms with Crippen molar-refractivity contribution in [3.05, 3.63) is 81.3 Å². The summed E-state index contributed by atoms with van der Waals surface area (Å²) in [6.45, 7) is 0.889. The minimum atomic E-state index is -0.364. The van der Waals surface area contributed by atoms with Gasteiger partial charge in [0.05, 0.1) is 17.1 Å². The molecular weight excluding hydrogens is 446 g/mol. The summed E-state index contributed by atoms with van der Waals surface area (Å²) in [5, 5.41) is 11.9. The summed E-state index contributed by atoms with van der Waals surface area (Å²) in [7, 11) is 1.62. The maximum atomic E-state index is 13.0. The number of carbonyl (C=O) groups is 1. The van der Waals surface area contributed by atoms with Crippen LogP contribution in [0.5, 0.6) is 0 Å². The lowest BCUT2D eigenvalue weighted by molar-refractivity contribution is 0.184. The van der Waals surface area contributed by atoms with Gasteiger partial charge in [-0.3, -0.25) is 14.3 Å². The second kappa shape index (κ2) is 8.95. The number of aryl methyl sites for hydroxylation is 1. The van der Waals surface area contributed by atoms with Crippen LogP contribution in [0.25, 0.3) is 22.3 Å². The fourth-order valence-corrected chi connectivity index (χ4v) is 4.57. The molecule has 10 nitrogen and oxygen atoms in total. The van der Waals surface area contributed by atoms with Crippen molar-refractivity contribution >= 4 is 22.9 Å². The molecule has 2 amide bonds. The van der Waals surface area contributed by atoms with Gasteiger partial charge in [0.15, 0.2) is 5.65 Å². The van der Waals surface area contributed by atoms with Crippen LogP contribution < -0.4 is 16.6 Å². The van der Waals surface area contributed by atoms with Gasteiger partial charge < -0.3 is 14.8 Å². The number of carbonyl (C=O) groups excluding carboxylic acids is 1. The van der Waals surface area contributed by atoms with Crippen LogP contribution in [0.1, 0.15) is 24.4 Å². The number of likely N-dealkylation sites (tertiary alicyclic amines) is 1. The van der Waals surface area contributed by atoms with Crippen LogP contribution in [-0.2, 0) is 7.05 Å². The quantitative estimate of drug-likeness (QED) is 0.477. The number of anilines is 1. The molecule has 1 aromatic carbocycles. The maximum absolute atomic E-state index is 13.0. The van der Waals surface area contributed by atoms with Crippen LogP contribution >= 0.6 is 0 Å². The van der Waals surface area contributed by atoms with E-state index in [0.29, 0.717) is 42.7 Å². The summed E-state index contributed by atoms with van der Waals surface area (Å²) < 4.78 is 3.12. The molecule has 1 saturated heterocycles. The van der Waals surface area contributed by atoms with E-state index in [2.05, 4.69) is 21.4 Å². The zero-order valence-corrected chi connectivity index (χ0v) is 19.1. The lowest BCUT2D eigenvalue weighted by Gasteiger charge is -2.32. The average molecular weight is 470 g/mol. The van der Waals surface area contributed by atoms with E-state index in [1.165, 1.54) is 4.57 Å². The summed E-state index contributed by atoms with van der Waals surface area (Å²) in [5.41, 5.74) is 2.93. The topological polar surface area (TPSA) is 129 Å². The number of urea groups is 1. The molecule has 176 valence electrons. The Bertz CT molecular complexity index is 1580. The van der Waals surface area contributed by atoms with E-state index in [1.807, 2.05) is 12.1 Å². The van der Waals surface area contributed by atoms with Gasteiger partial charge in [-0.25, -0.2) is 14.6 Å². The van der Waals surface area contributed by atoms with Gasteiger partial charge in [-0.15, -0.1) is 0 Å². The first-order valence-electron chi connectivity index (χ1n) is 11.3. The second-order valence-electron chi connectivity index (χ2n) is 8.57. The van der Waals surface area contributed by atoms with E-state index in [4.69, 9.17) is 0 Å². The van der Waals surface area contributed by atoms with Crippen molar-refractivity contribution in [2.45, 2.75) is 18.9 Å². The highest BCUT2D eigenvalue weighted by Gasteiger charge is 2.26. The number of hydrogen-bond donors (Lipinski definition) is 2. The van der Waals surface area contributed by atoms with Crippen LogP contribution in [0.2, 0.25) is 0 Å². The number of fused-ring (bicyclic) bond motifs is 1. The first kappa shape index (κ1) is 22.2. The molecular formula is C25H23N7O3. The highest BCUT2D eigenvalue weighted by molar-refractivity contribution is 5.90. The van der Waals surface area contributed by atoms with Crippen molar-refractivity contribution in [3.63, 3.8) is 0 Å². The summed E-state index contributed by atoms with van der Waals surface area (Å²) in [4.78, 5) is 46.8. The zero-order chi connectivity index (χ0) is 24.5. The summed E-state index contributed by atoms with van der Waals surface area (Å²) >= 11 is 0. The minimum absolute atomic E-state index is 0.0480. The molecule has 5 rings (SSSR count). The Balaban J connectivity index is 1.32. The number of aromatic amines is 1. The molecule has 0 spiro atoms. The Hall–Kier alpha value is -4.65. The molecule has 4 heterocycles. The molecule has 2 N–H and O–H groups in total. The molecule has 0 unspecified atom stereocenters. The van der Waals surface area contributed by atoms with Crippen molar-refractivity contribution in [1.29, 1.82) is 5.26 Å². The Morgan fingerprint density at radius 2 is 1.94 bits per heavy atom. The minimum Gasteiger partial charge on any atom is -0.324 e. The predicted octanol–water partition coefficient (Wildman–Crippen LogP) is 2.83. The number of nitrogens with one attached hydrogen (secondary N) is 2. The molecule has 0 saturated carbocycles. The Morgan fingerprint density at radius 1 is 1.14 bits per heavy atom. The predicted molar refractivity (Wildman–Crippen MR) is 131 cm³/mol. The molecule has 0 radical (unpaired) electrons. The van der Waals surface area contributed by atoms with Gasteiger partial charge in [0.2, 0.25) is 0 Å². The van der Waals surface area contributed by atoms with Crippen molar-refractivity contribution in [1.82, 2.24) is 24.0 Å². The third-order valence-corrected chi connectivity index (χ3v) is 6.36. The summed E-state index contributed by atoms with van der Waals surface area (Å²) in [6, 6.07) is 14.0. The second-order valence-corrected chi connectivity index (χ2v) is 8.57. The van der Waals surface area contributed by atoms with Gasteiger partial charge >= 0.3 is 11.7 Å².